The summed E-state index contributed by atoms with van der Waals surface area (Å²) in [5.41, 5.74) is 0.106. The smallest absolute Gasteiger partial charge is 0.251 e. The molecule has 0 unspecified atom stereocenters. The summed E-state index contributed by atoms with van der Waals surface area (Å²) in [4.78, 5) is 17.0. The number of rotatable bonds is 4. The predicted molar refractivity (Wildman–Crippen MR) is 69.2 cm³/mol. The number of amides is 1. The zero-order chi connectivity index (χ0) is 13.8. The zero-order valence-electron chi connectivity index (χ0n) is 10.2. The Morgan fingerprint density at radius 1 is 1.37 bits per heavy atom. The normalized spacial score (nSPS) is 10.5. The third kappa shape index (κ3) is 3.57. The fourth-order valence-electron chi connectivity index (χ4n) is 1.54. The third-order valence-electron chi connectivity index (χ3n) is 2.48. The molecule has 6 heteroatoms. The van der Waals surface area contributed by atoms with Gasteiger partial charge in [0.25, 0.3) is 5.91 Å². The van der Waals surface area contributed by atoms with Gasteiger partial charge in [0.2, 0.25) is 0 Å². The monoisotopic (exact) mass is 282 g/mol. The van der Waals surface area contributed by atoms with Crippen LogP contribution in [0.25, 0.3) is 0 Å². The lowest BCUT2D eigenvalue weighted by Gasteiger charge is -2.04. The topological polar surface area (TPSA) is 42.0 Å². The van der Waals surface area contributed by atoms with Crippen molar-refractivity contribution < 1.29 is 13.6 Å². The van der Waals surface area contributed by atoms with E-state index in [1.807, 2.05) is 6.92 Å². The van der Waals surface area contributed by atoms with Gasteiger partial charge in [0.1, 0.15) is 0 Å². The van der Waals surface area contributed by atoms with Crippen LogP contribution in [0, 0.1) is 18.6 Å². The minimum atomic E-state index is -1.02. The van der Waals surface area contributed by atoms with Crippen LogP contribution in [0.3, 0.4) is 0 Å². The lowest BCUT2D eigenvalue weighted by molar-refractivity contribution is 0.0953. The molecule has 3 nitrogen and oxygen atoms in total. The summed E-state index contributed by atoms with van der Waals surface area (Å²) in [6.45, 7) is 2.37. The lowest BCUT2D eigenvalue weighted by atomic mass is 10.2. The van der Waals surface area contributed by atoms with Crippen LogP contribution in [-0.2, 0) is 6.42 Å². The number of aromatic nitrogens is 1. The predicted octanol–water partition coefficient (Wildman–Crippen LogP) is 2.70. The van der Waals surface area contributed by atoms with E-state index in [9.17, 15) is 13.6 Å². The molecule has 100 valence electrons. The van der Waals surface area contributed by atoms with Crippen molar-refractivity contribution in [2.75, 3.05) is 6.54 Å². The maximum atomic E-state index is 13.0. The van der Waals surface area contributed by atoms with Gasteiger partial charge >= 0.3 is 0 Å². The Balaban J connectivity index is 1.89. The van der Waals surface area contributed by atoms with E-state index >= 15 is 0 Å². The van der Waals surface area contributed by atoms with Crippen LogP contribution in [0.5, 0.6) is 0 Å². The molecule has 1 amide bonds. The standard InChI is InChI=1S/C13H12F2N2OS/c1-8-7-17-12(19-8)4-5-16-13(18)9-2-3-10(14)11(15)6-9/h2-3,6-7H,4-5H2,1H3,(H,16,18). The van der Waals surface area contributed by atoms with Gasteiger partial charge < -0.3 is 5.32 Å². The number of halogens is 2. The van der Waals surface area contributed by atoms with Gasteiger partial charge in [-0.15, -0.1) is 11.3 Å². The minimum absolute atomic E-state index is 0.106. The number of thiazole rings is 1. The second-order valence-electron chi connectivity index (χ2n) is 4.00. The van der Waals surface area contributed by atoms with Crippen molar-refractivity contribution in [1.29, 1.82) is 0 Å². The molecule has 2 rings (SSSR count). The van der Waals surface area contributed by atoms with E-state index in [1.165, 1.54) is 6.07 Å². The van der Waals surface area contributed by atoms with Crippen LogP contribution in [0.15, 0.2) is 24.4 Å². The molecular formula is C13H12F2N2OS. The van der Waals surface area contributed by atoms with Crippen LogP contribution in [0.1, 0.15) is 20.2 Å². The average Bonchev–Trinajstić information content (AvgIpc) is 2.78. The number of nitrogens with zero attached hydrogens (tertiary/aromatic N) is 1. The third-order valence-corrected chi connectivity index (χ3v) is 3.45. The van der Waals surface area contributed by atoms with Crippen LogP contribution in [0.4, 0.5) is 8.78 Å². The Kier molecular flexibility index (Phi) is 4.21. The molecule has 1 N–H and O–H groups in total. The van der Waals surface area contributed by atoms with Gasteiger partial charge in [0.15, 0.2) is 11.6 Å². The van der Waals surface area contributed by atoms with Crippen LogP contribution in [-0.4, -0.2) is 17.4 Å². The number of hydrogen-bond acceptors (Lipinski definition) is 3. The highest BCUT2D eigenvalue weighted by atomic mass is 32.1. The van der Waals surface area contributed by atoms with E-state index in [0.717, 1.165) is 22.0 Å². The first-order chi connectivity index (χ1) is 9.06. The first kappa shape index (κ1) is 13.6. The number of nitrogens with one attached hydrogen (secondary N) is 1. The molecule has 0 aliphatic carbocycles. The fraction of sp³-hybridized carbons (Fsp3) is 0.231. The van der Waals surface area contributed by atoms with Crippen molar-refractivity contribution in [1.82, 2.24) is 10.3 Å². The zero-order valence-corrected chi connectivity index (χ0v) is 11.1. The van der Waals surface area contributed by atoms with Crippen LogP contribution in [0.2, 0.25) is 0 Å². The molecule has 1 aromatic heterocycles. The van der Waals surface area contributed by atoms with Gasteiger partial charge in [-0.2, -0.15) is 0 Å². The molecule has 2 aromatic rings. The first-order valence-electron chi connectivity index (χ1n) is 5.71. The van der Waals surface area contributed by atoms with Gasteiger partial charge in [-0.05, 0) is 25.1 Å². The Hall–Kier alpha value is -1.82. The number of hydrogen-bond donors (Lipinski definition) is 1. The van der Waals surface area contributed by atoms with Gasteiger partial charge in [-0.1, -0.05) is 0 Å². The van der Waals surface area contributed by atoms with E-state index in [0.29, 0.717) is 13.0 Å². The Morgan fingerprint density at radius 2 is 2.16 bits per heavy atom. The molecule has 0 fully saturated rings. The summed E-state index contributed by atoms with van der Waals surface area (Å²) in [5.74, 6) is -2.41. The number of benzene rings is 1. The molecule has 0 saturated heterocycles. The summed E-state index contributed by atoms with van der Waals surface area (Å²) in [5, 5.41) is 3.58. The largest absolute Gasteiger partial charge is 0.352 e. The lowest BCUT2D eigenvalue weighted by Crippen LogP contribution is -2.25. The number of aryl methyl sites for hydroxylation is 1. The summed E-state index contributed by atoms with van der Waals surface area (Å²) in [6.07, 6.45) is 2.39. The summed E-state index contributed by atoms with van der Waals surface area (Å²) >= 11 is 1.57. The average molecular weight is 282 g/mol. The molecule has 19 heavy (non-hydrogen) atoms. The molecular weight excluding hydrogens is 270 g/mol. The highest BCUT2D eigenvalue weighted by Crippen LogP contribution is 2.11. The summed E-state index contributed by atoms with van der Waals surface area (Å²) < 4.78 is 25.7. The van der Waals surface area contributed by atoms with Crippen molar-refractivity contribution in [2.45, 2.75) is 13.3 Å². The molecule has 1 aromatic carbocycles. The van der Waals surface area contributed by atoms with Crippen molar-refractivity contribution in [3.63, 3.8) is 0 Å². The molecule has 0 atom stereocenters. The van der Waals surface area contributed by atoms with Crippen molar-refractivity contribution >= 4 is 17.2 Å². The molecule has 0 saturated carbocycles. The van der Waals surface area contributed by atoms with Crippen molar-refractivity contribution in [3.05, 3.63) is 51.5 Å². The second-order valence-corrected chi connectivity index (χ2v) is 5.32. The quantitative estimate of drug-likeness (QED) is 0.937. The van der Waals surface area contributed by atoms with Crippen molar-refractivity contribution in [2.24, 2.45) is 0 Å². The first-order valence-corrected chi connectivity index (χ1v) is 6.52. The Labute approximate surface area is 113 Å². The van der Waals surface area contributed by atoms with Crippen molar-refractivity contribution in [3.8, 4) is 0 Å². The van der Waals surface area contributed by atoms with Gasteiger partial charge in [0, 0.05) is 29.6 Å². The highest BCUT2D eigenvalue weighted by molar-refractivity contribution is 7.11. The number of carbonyl (C=O) groups is 1. The molecule has 0 bridgehead atoms. The second kappa shape index (κ2) is 5.88. The highest BCUT2D eigenvalue weighted by Gasteiger charge is 2.09. The van der Waals surface area contributed by atoms with E-state index in [-0.39, 0.29) is 5.56 Å². The maximum absolute atomic E-state index is 13.0. The Morgan fingerprint density at radius 3 is 2.79 bits per heavy atom. The molecule has 0 radical (unpaired) electrons. The van der Waals surface area contributed by atoms with Gasteiger partial charge in [-0.25, -0.2) is 13.8 Å². The van der Waals surface area contributed by atoms with Crippen LogP contribution >= 0.6 is 11.3 Å². The Bertz CT molecular complexity index is 598. The fourth-order valence-corrected chi connectivity index (χ4v) is 2.33. The SMILES string of the molecule is Cc1cnc(CCNC(=O)c2ccc(F)c(F)c2)s1. The molecule has 1 heterocycles. The maximum Gasteiger partial charge on any atom is 0.251 e. The molecule has 0 aliphatic heterocycles. The summed E-state index contributed by atoms with van der Waals surface area (Å²) in [7, 11) is 0. The van der Waals surface area contributed by atoms with E-state index in [2.05, 4.69) is 10.3 Å². The summed E-state index contributed by atoms with van der Waals surface area (Å²) in [6, 6.07) is 3.08. The molecule has 0 aliphatic rings. The van der Waals surface area contributed by atoms with Gasteiger partial charge in [0.05, 0.1) is 5.01 Å². The van der Waals surface area contributed by atoms with E-state index < -0.39 is 17.5 Å². The van der Waals surface area contributed by atoms with Crippen LogP contribution < -0.4 is 5.32 Å². The van der Waals surface area contributed by atoms with E-state index in [1.54, 1.807) is 17.5 Å². The number of carbonyl (C=O) groups excluding carboxylic acids is 1. The minimum Gasteiger partial charge on any atom is -0.352 e. The van der Waals surface area contributed by atoms with E-state index in [4.69, 9.17) is 0 Å². The molecule has 0 spiro atoms. The van der Waals surface area contributed by atoms with Gasteiger partial charge in [-0.3, -0.25) is 4.79 Å².